The molecule has 1 aliphatic rings. The SMILES string of the molecule is CC1CC(CN)CN1C(=O)c1ccc(Oc2ccc(Br)cc2)nc1.Cl.Cl. The van der Waals surface area contributed by atoms with Crippen molar-refractivity contribution in [3.63, 3.8) is 0 Å². The molecule has 2 unspecified atom stereocenters. The van der Waals surface area contributed by atoms with Crippen LogP contribution in [-0.2, 0) is 0 Å². The minimum absolute atomic E-state index is 0. The van der Waals surface area contributed by atoms with Crippen molar-refractivity contribution in [1.82, 2.24) is 9.88 Å². The smallest absolute Gasteiger partial charge is 0.255 e. The summed E-state index contributed by atoms with van der Waals surface area (Å²) in [5.41, 5.74) is 6.30. The normalized spacial score (nSPS) is 18.7. The van der Waals surface area contributed by atoms with Crippen LogP contribution in [0.15, 0.2) is 47.1 Å². The molecule has 0 saturated carbocycles. The maximum absolute atomic E-state index is 12.6. The third-order valence-corrected chi connectivity index (χ3v) is 4.80. The molecule has 1 amide bonds. The van der Waals surface area contributed by atoms with Gasteiger partial charge in [0.15, 0.2) is 0 Å². The van der Waals surface area contributed by atoms with Crippen molar-refractivity contribution in [2.24, 2.45) is 11.7 Å². The second-order valence-electron chi connectivity index (χ2n) is 6.09. The Bertz CT molecular complexity index is 713. The van der Waals surface area contributed by atoms with E-state index < -0.39 is 0 Å². The Morgan fingerprint density at radius 1 is 1.27 bits per heavy atom. The molecule has 3 rings (SSSR count). The quantitative estimate of drug-likeness (QED) is 0.735. The number of halogens is 3. The Hall–Kier alpha value is -1.34. The molecule has 0 bridgehead atoms. The summed E-state index contributed by atoms with van der Waals surface area (Å²) < 4.78 is 6.66. The van der Waals surface area contributed by atoms with E-state index in [4.69, 9.17) is 10.5 Å². The second kappa shape index (κ2) is 10.1. The molecule has 1 aromatic heterocycles. The van der Waals surface area contributed by atoms with E-state index in [1.807, 2.05) is 29.2 Å². The minimum atomic E-state index is 0. The first-order valence-electron chi connectivity index (χ1n) is 7.97. The van der Waals surface area contributed by atoms with Crippen LogP contribution in [0.5, 0.6) is 11.6 Å². The summed E-state index contributed by atoms with van der Waals surface area (Å²) in [6, 6.07) is 11.2. The molecule has 1 saturated heterocycles. The number of carbonyl (C=O) groups excluding carboxylic acids is 1. The number of benzene rings is 1. The van der Waals surface area contributed by atoms with E-state index in [1.54, 1.807) is 18.3 Å². The molecule has 5 nitrogen and oxygen atoms in total. The van der Waals surface area contributed by atoms with Crippen molar-refractivity contribution < 1.29 is 9.53 Å². The summed E-state index contributed by atoms with van der Waals surface area (Å²) in [6.45, 7) is 3.39. The number of hydrogen-bond acceptors (Lipinski definition) is 4. The maximum Gasteiger partial charge on any atom is 0.255 e. The molecule has 1 aliphatic heterocycles. The summed E-state index contributed by atoms with van der Waals surface area (Å²) in [5.74, 6) is 1.55. The van der Waals surface area contributed by atoms with Crippen LogP contribution in [-0.4, -0.2) is 34.9 Å². The Morgan fingerprint density at radius 3 is 2.50 bits per heavy atom. The molecule has 0 radical (unpaired) electrons. The van der Waals surface area contributed by atoms with E-state index in [0.717, 1.165) is 10.9 Å². The summed E-state index contributed by atoms with van der Waals surface area (Å²) >= 11 is 3.38. The average molecular weight is 463 g/mol. The number of rotatable bonds is 4. The lowest BCUT2D eigenvalue weighted by Crippen LogP contribution is -2.34. The number of aromatic nitrogens is 1. The fourth-order valence-electron chi connectivity index (χ4n) is 2.95. The largest absolute Gasteiger partial charge is 0.439 e. The Balaban J connectivity index is 0.00000169. The molecule has 0 aliphatic carbocycles. The van der Waals surface area contributed by atoms with Gasteiger partial charge in [-0.2, -0.15) is 0 Å². The fourth-order valence-corrected chi connectivity index (χ4v) is 3.22. The van der Waals surface area contributed by atoms with Crippen LogP contribution < -0.4 is 10.5 Å². The van der Waals surface area contributed by atoms with Gasteiger partial charge < -0.3 is 15.4 Å². The summed E-state index contributed by atoms with van der Waals surface area (Å²) in [4.78, 5) is 18.8. The van der Waals surface area contributed by atoms with E-state index in [0.29, 0.717) is 36.2 Å². The highest BCUT2D eigenvalue weighted by Crippen LogP contribution is 2.25. The zero-order chi connectivity index (χ0) is 17.1. The van der Waals surface area contributed by atoms with Gasteiger partial charge in [0.05, 0.1) is 5.56 Å². The highest BCUT2D eigenvalue weighted by molar-refractivity contribution is 9.10. The molecule has 1 fully saturated rings. The summed E-state index contributed by atoms with van der Waals surface area (Å²) in [6.07, 6.45) is 2.53. The van der Waals surface area contributed by atoms with Crippen LogP contribution in [0.25, 0.3) is 0 Å². The molecule has 0 spiro atoms. The number of carbonyl (C=O) groups is 1. The number of nitrogens with zero attached hydrogens (tertiary/aromatic N) is 2. The zero-order valence-electron chi connectivity index (χ0n) is 14.3. The van der Waals surface area contributed by atoms with E-state index in [-0.39, 0.29) is 36.8 Å². The van der Waals surface area contributed by atoms with Gasteiger partial charge in [0.2, 0.25) is 5.88 Å². The van der Waals surface area contributed by atoms with Gasteiger partial charge in [0.25, 0.3) is 5.91 Å². The van der Waals surface area contributed by atoms with Gasteiger partial charge in [0.1, 0.15) is 5.75 Å². The standard InChI is InChI=1S/C18H20BrN3O2.2ClH/c1-12-8-13(9-20)11-22(12)18(23)14-2-7-17(21-10-14)24-16-5-3-15(19)4-6-16;;/h2-7,10,12-13H,8-9,11,20H2,1H3;2*1H. The van der Waals surface area contributed by atoms with Gasteiger partial charge in [-0.1, -0.05) is 15.9 Å². The molecular formula is C18H22BrCl2N3O2. The lowest BCUT2D eigenvalue weighted by Gasteiger charge is -2.21. The van der Waals surface area contributed by atoms with Crippen LogP contribution in [0.4, 0.5) is 0 Å². The van der Waals surface area contributed by atoms with Gasteiger partial charge in [-0.25, -0.2) is 4.98 Å². The fraction of sp³-hybridized carbons (Fsp3) is 0.333. The van der Waals surface area contributed by atoms with Crippen molar-refractivity contribution in [2.75, 3.05) is 13.1 Å². The third-order valence-electron chi connectivity index (χ3n) is 4.27. The van der Waals surface area contributed by atoms with Crippen LogP contribution in [0, 0.1) is 5.92 Å². The molecule has 2 atom stereocenters. The summed E-state index contributed by atoms with van der Waals surface area (Å²) in [7, 11) is 0. The van der Waals surface area contributed by atoms with Crippen LogP contribution in [0.1, 0.15) is 23.7 Å². The van der Waals surface area contributed by atoms with Gasteiger partial charge in [-0.15, -0.1) is 24.8 Å². The highest BCUT2D eigenvalue weighted by Gasteiger charge is 2.32. The van der Waals surface area contributed by atoms with Gasteiger partial charge in [0, 0.05) is 29.3 Å². The topological polar surface area (TPSA) is 68.5 Å². The molecule has 2 heterocycles. The molecule has 2 N–H and O–H groups in total. The number of nitrogens with two attached hydrogens (primary N) is 1. The number of likely N-dealkylation sites (tertiary alicyclic amines) is 1. The Morgan fingerprint density at radius 2 is 1.96 bits per heavy atom. The first-order chi connectivity index (χ1) is 11.6. The van der Waals surface area contributed by atoms with Crippen molar-refractivity contribution in [1.29, 1.82) is 0 Å². The lowest BCUT2D eigenvalue weighted by atomic mass is 10.1. The van der Waals surface area contributed by atoms with E-state index in [2.05, 4.69) is 27.8 Å². The Kier molecular flexibility index (Phi) is 8.83. The van der Waals surface area contributed by atoms with Crippen molar-refractivity contribution in [2.45, 2.75) is 19.4 Å². The first kappa shape index (κ1) is 22.7. The predicted molar refractivity (Wildman–Crippen MR) is 111 cm³/mol. The zero-order valence-corrected chi connectivity index (χ0v) is 17.5. The van der Waals surface area contributed by atoms with Gasteiger partial charge in [-0.05, 0) is 56.1 Å². The lowest BCUT2D eigenvalue weighted by molar-refractivity contribution is 0.0743. The van der Waals surface area contributed by atoms with Gasteiger partial charge in [-0.3, -0.25) is 4.79 Å². The minimum Gasteiger partial charge on any atom is -0.439 e. The van der Waals surface area contributed by atoms with Crippen LogP contribution >= 0.6 is 40.7 Å². The van der Waals surface area contributed by atoms with Gasteiger partial charge >= 0.3 is 0 Å². The number of ether oxygens (including phenoxy) is 1. The summed E-state index contributed by atoms with van der Waals surface area (Å²) in [5, 5.41) is 0. The molecule has 26 heavy (non-hydrogen) atoms. The van der Waals surface area contributed by atoms with E-state index in [1.165, 1.54) is 0 Å². The number of hydrogen-bond donors (Lipinski definition) is 1. The van der Waals surface area contributed by atoms with Crippen molar-refractivity contribution >= 4 is 46.7 Å². The van der Waals surface area contributed by atoms with E-state index in [9.17, 15) is 4.79 Å². The molecule has 2 aromatic rings. The van der Waals surface area contributed by atoms with Crippen molar-refractivity contribution in [3.8, 4) is 11.6 Å². The molecule has 142 valence electrons. The van der Waals surface area contributed by atoms with Crippen LogP contribution in [0.3, 0.4) is 0 Å². The second-order valence-corrected chi connectivity index (χ2v) is 7.00. The van der Waals surface area contributed by atoms with Crippen molar-refractivity contribution in [3.05, 3.63) is 52.6 Å². The molecular weight excluding hydrogens is 441 g/mol. The number of pyridine rings is 1. The molecule has 1 aromatic carbocycles. The third kappa shape index (κ3) is 5.33. The first-order valence-corrected chi connectivity index (χ1v) is 8.76. The maximum atomic E-state index is 12.6. The average Bonchev–Trinajstić information content (AvgIpc) is 2.98. The predicted octanol–water partition coefficient (Wildman–Crippen LogP) is 4.29. The van der Waals surface area contributed by atoms with E-state index >= 15 is 0 Å². The highest BCUT2D eigenvalue weighted by atomic mass is 79.9. The number of amides is 1. The Labute approximate surface area is 174 Å². The van der Waals surface area contributed by atoms with Crippen LogP contribution in [0.2, 0.25) is 0 Å². The monoisotopic (exact) mass is 461 g/mol. The molecule has 8 heteroatoms.